The van der Waals surface area contributed by atoms with Gasteiger partial charge in [0.15, 0.2) is 0 Å². The highest BCUT2D eigenvalue weighted by atomic mass is 32.1. The highest BCUT2D eigenvalue weighted by Gasteiger charge is 2.44. The van der Waals surface area contributed by atoms with Crippen LogP contribution in [0.3, 0.4) is 0 Å². The molecule has 0 radical (unpaired) electrons. The zero-order valence-electron chi connectivity index (χ0n) is 8.93. The zero-order valence-corrected chi connectivity index (χ0v) is 9.74. The number of hydrogen-bond acceptors (Lipinski definition) is 4. The molecule has 3 unspecified atom stereocenters. The van der Waals surface area contributed by atoms with Crippen molar-refractivity contribution < 1.29 is 4.74 Å². The highest BCUT2D eigenvalue weighted by Crippen LogP contribution is 2.39. The quantitative estimate of drug-likeness (QED) is 0.782. The number of nitrogens with zero attached hydrogens (tertiary/aromatic N) is 2. The zero-order chi connectivity index (χ0) is 10.3. The van der Waals surface area contributed by atoms with Gasteiger partial charge in [0.2, 0.25) is 0 Å². The molecule has 3 rings (SSSR count). The smallest absolute Gasteiger partial charge is 0.107 e. The molecule has 0 N–H and O–H groups in total. The molecule has 3 nitrogen and oxygen atoms in total. The summed E-state index contributed by atoms with van der Waals surface area (Å²) in [5.74, 6) is 0.764. The summed E-state index contributed by atoms with van der Waals surface area (Å²) in [6, 6.07) is 0.740. The van der Waals surface area contributed by atoms with Crippen LogP contribution in [-0.4, -0.2) is 35.7 Å². The van der Waals surface area contributed by atoms with E-state index in [9.17, 15) is 0 Å². The fraction of sp³-hybridized carbons (Fsp3) is 0.727. The third-order valence-electron chi connectivity index (χ3n) is 3.71. The van der Waals surface area contributed by atoms with Gasteiger partial charge in [0, 0.05) is 31.3 Å². The fourth-order valence-electron chi connectivity index (χ4n) is 2.99. The van der Waals surface area contributed by atoms with E-state index in [1.165, 1.54) is 24.4 Å². The lowest BCUT2D eigenvalue weighted by molar-refractivity contribution is 0.0309. The minimum Gasteiger partial charge on any atom is -0.381 e. The van der Waals surface area contributed by atoms with Gasteiger partial charge in [-0.25, -0.2) is 4.98 Å². The molecule has 15 heavy (non-hydrogen) atoms. The number of likely N-dealkylation sites (tertiary alicyclic amines) is 1. The minimum absolute atomic E-state index is 0.516. The molecule has 1 saturated carbocycles. The second kappa shape index (κ2) is 3.85. The molecule has 82 valence electrons. The summed E-state index contributed by atoms with van der Waals surface area (Å²) in [4.78, 5) is 6.92. The van der Waals surface area contributed by atoms with E-state index in [-0.39, 0.29) is 0 Å². The van der Waals surface area contributed by atoms with Crippen LogP contribution in [0.4, 0.5) is 0 Å². The summed E-state index contributed by atoms with van der Waals surface area (Å²) in [6.45, 7) is 2.23. The molecule has 1 saturated heterocycles. The largest absolute Gasteiger partial charge is 0.381 e. The number of fused-ring (bicyclic) bond motifs is 2. The summed E-state index contributed by atoms with van der Waals surface area (Å²) in [5.41, 5.74) is 0. The topological polar surface area (TPSA) is 25.4 Å². The van der Waals surface area contributed by atoms with E-state index < -0.39 is 0 Å². The first-order valence-corrected chi connectivity index (χ1v) is 6.40. The fourth-order valence-corrected chi connectivity index (χ4v) is 3.63. The molecule has 4 heteroatoms. The summed E-state index contributed by atoms with van der Waals surface area (Å²) in [5, 5.41) is 3.30. The Balaban J connectivity index is 1.63. The standard InChI is InChI=1S/C11H16N2OS/c1-14-10-5-9-4-8(10)6-13(9)7-11-12-2-3-15-11/h2-3,8-10H,4-7H2,1H3. The third-order valence-corrected chi connectivity index (χ3v) is 4.48. The van der Waals surface area contributed by atoms with Crippen molar-refractivity contribution in [3.8, 4) is 0 Å². The van der Waals surface area contributed by atoms with Crippen LogP contribution in [0, 0.1) is 5.92 Å². The molecule has 2 fully saturated rings. The lowest BCUT2D eigenvalue weighted by Gasteiger charge is -2.29. The first-order valence-electron chi connectivity index (χ1n) is 5.52. The van der Waals surface area contributed by atoms with Crippen LogP contribution in [0.2, 0.25) is 0 Å². The molecule has 0 aromatic carbocycles. The van der Waals surface area contributed by atoms with E-state index in [1.807, 2.05) is 13.3 Å². The van der Waals surface area contributed by atoms with E-state index in [0.717, 1.165) is 18.5 Å². The van der Waals surface area contributed by atoms with Crippen molar-refractivity contribution in [2.75, 3.05) is 13.7 Å². The van der Waals surface area contributed by atoms with Crippen molar-refractivity contribution in [2.24, 2.45) is 5.92 Å². The first-order chi connectivity index (χ1) is 7.36. The Kier molecular flexibility index (Phi) is 2.50. The van der Waals surface area contributed by atoms with Crippen LogP contribution in [0.1, 0.15) is 17.8 Å². The lowest BCUT2D eigenvalue weighted by Crippen LogP contribution is -2.37. The molecular formula is C11H16N2OS. The van der Waals surface area contributed by atoms with Gasteiger partial charge in [-0.15, -0.1) is 11.3 Å². The molecule has 1 aliphatic carbocycles. The van der Waals surface area contributed by atoms with E-state index >= 15 is 0 Å². The van der Waals surface area contributed by atoms with Gasteiger partial charge in [-0.1, -0.05) is 0 Å². The van der Waals surface area contributed by atoms with Crippen molar-refractivity contribution in [1.82, 2.24) is 9.88 Å². The van der Waals surface area contributed by atoms with Gasteiger partial charge >= 0.3 is 0 Å². The van der Waals surface area contributed by atoms with Gasteiger partial charge in [-0.3, -0.25) is 4.90 Å². The molecule has 2 heterocycles. The monoisotopic (exact) mass is 224 g/mol. The van der Waals surface area contributed by atoms with Crippen LogP contribution in [0.5, 0.6) is 0 Å². The maximum atomic E-state index is 5.49. The Morgan fingerprint density at radius 3 is 3.13 bits per heavy atom. The third kappa shape index (κ3) is 1.71. The van der Waals surface area contributed by atoms with Gasteiger partial charge < -0.3 is 4.74 Å². The van der Waals surface area contributed by atoms with Gasteiger partial charge in [0.05, 0.1) is 12.6 Å². The number of methoxy groups -OCH3 is 1. The van der Waals surface area contributed by atoms with Crippen LogP contribution < -0.4 is 0 Å². The van der Waals surface area contributed by atoms with Crippen LogP contribution in [-0.2, 0) is 11.3 Å². The van der Waals surface area contributed by atoms with Gasteiger partial charge in [-0.2, -0.15) is 0 Å². The molecular weight excluding hydrogens is 208 g/mol. The molecule has 1 aromatic heterocycles. The maximum Gasteiger partial charge on any atom is 0.107 e. The second-order valence-electron chi connectivity index (χ2n) is 4.51. The van der Waals surface area contributed by atoms with Crippen LogP contribution >= 0.6 is 11.3 Å². The van der Waals surface area contributed by atoms with Crippen LogP contribution in [0.25, 0.3) is 0 Å². The Hall–Kier alpha value is -0.450. The average molecular weight is 224 g/mol. The van der Waals surface area contributed by atoms with Crippen molar-refractivity contribution in [1.29, 1.82) is 0 Å². The van der Waals surface area contributed by atoms with Crippen molar-refractivity contribution in [2.45, 2.75) is 31.5 Å². The molecule has 1 aliphatic heterocycles. The maximum absolute atomic E-state index is 5.49. The van der Waals surface area contributed by atoms with E-state index in [2.05, 4.69) is 15.3 Å². The Bertz CT molecular complexity index is 327. The molecule has 0 spiro atoms. The summed E-state index contributed by atoms with van der Waals surface area (Å²) >= 11 is 1.76. The lowest BCUT2D eigenvalue weighted by atomic mass is 10.1. The highest BCUT2D eigenvalue weighted by molar-refractivity contribution is 7.09. The second-order valence-corrected chi connectivity index (χ2v) is 5.49. The SMILES string of the molecule is COC1CC2CC1CN2Cc1nccs1. The molecule has 2 aliphatic rings. The first kappa shape index (κ1) is 9.75. The molecule has 3 atom stereocenters. The summed E-state index contributed by atoms with van der Waals surface area (Å²) in [7, 11) is 1.84. The molecule has 2 bridgehead atoms. The number of hydrogen-bond donors (Lipinski definition) is 0. The van der Waals surface area contributed by atoms with E-state index in [1.54, 1.807) is 11.3 Å². The number of thiazole rings is 1. The number of aromatic nitrogens is 1. The minimum atomic E-state index is 0.516. The Labute approximate surface area is 94.1 Å². The van der Waals surface area contributed by atoms with Gasteiger partial charge in [0.1, 0.15) is 5.01 Å². The van der Waals surface area contributed by atoms with Crippen molar-refractivity contribution >= 4 is 11.3 Å². The number of rotatable bonds is 3. The van der Waals surface area contributed by atoms with Crippen molar-refractivity contribution in [3.05, 3.63) is 16.6 Å². The Morgan fingerprint density at radius 2 is 2.53 bits per heavy atom. The number of piperidine rings is 1. The normalized spacial score (nSPS) is 35.1. The number of ether oxygens (including phenoxy) is 1. The van der Waals surface area contributed by atoms with Crippen LogP contribution in [0.15, 0.2) is 11.6 Å². The molecule has 0 amide bonds. The molecule has 1 aromatic rings. The predicted molar refractivity (Wildman–Crippen MR) is 59.8 cm³/mol. The van der Waals surface area contributed by atoms with E-state index in [4.69, 9.17) is 4.74 Å². The van der Waals surface area contributed by atoms with E-state index in [0.29, 0.717) is 6.10 Å². The average Bonchev–Trinajstić information content (AvgIpc) is 2.92. The van der Waals surface area contributed by atoms with Gasteiger partial charge in [0.25, 0.3) is 0 Å². The Morgan fingerprint density at radius 1 is 1.60 bits per heavy atom. The predicted octanol–water partition coefficient (Wildman–Crippen LogP) is 1.75. The summed E-state index contributed by atoms with van der Waals surface area (Å²) < 4.78 is 5.49. The van der Waals surface area contributed by atoms with Crippen molar-refractivity contribution in [3.63, 3.8) is 0 Å². The summed E-state index contributed by atoms with van der Waals surface area (Å²) in [6.07, 6.45) is 4.95. The van der Waals surface area contributed by atoms with Gasteiger partial charge in [-0.05, 0) is 18.8 Å².